The van der Waals surface area contributed by atoms with E-state index in [0.29, 0.717) is 18.9 Å². The molecule has 0 atom stereocenters. The van der Waals surface area contributed by atoms with E-state index in [4.69, 9.17) is 0 Å². The van der Waals surface area contributed by atoms with Gasteiger partial charge in [0.2, 0.25) is 10.0 Å². The normalized spacial score (nSPS) is 19.1. The molecule has 1 aromatic heterocycles. The number of rotatable bonds is 6. The van der Waals surface area contributed by atoms with E-state index in [0.717, 1.165) is 18.6 Å². The Balaban J connectivity index is 2.14. The number of hydrogen-bond acceptors (Lipinski definition) is 5. The van der Waals surface area contributed by atoms with Crippen molar-refractivity contribution >= 4 is 21.6 Å². The van der Waals surface area contributed by atoms with Crippen molar-refractivity contribution in [3.8, 4) is 0 Å². The molecule has 1 aromatic rings. The van der Waals surface area contributed by atoms with Crippen LogP contribution in [0.5, 0.6) is 0 Å². The van der Waals surface area contributed by atoms with Gasteiger partial charge in [-0.15, -0.1) is 0 Å². The largest absolute Gasteiger partial charge is 0.261 e. The lowest BCUT2D eigenvalue weighted by molar-refractivity contribution is 0.373. The lowest BCUT2D eigenvalue weighted by Gasteiger charge is -2.29. The predicted octanol–water partition coefficient (Wildman–Crippen LogP) is 3.65. The highest BCUT2D eigenvalue weighted by atomic mass is 32.2. The van der Waals surface area contributed by atoms with E-state index in [-0.39, 0.29) is 10.3 Å². The topological polar surface area (TPSA) is 74.7 Å². The van der Waals surface area contributed by atoms with Crippen molar-refractivity contribution in [1.29, 1.82) is 0 Å². The molecule has 138 valence electrons. The summed E-state index contributed by atoms with van der Waals surface area (Å²) in [6.07, 6.45) is 5.44. The quantitative estimate of drug-likeness (QED) is 0.782. The average Bonchev–Trinajstić information content (AvgIpc) is 2.52. The van der Waals surface area contributed by atoms with Gasteiger partial charge in [0, 0.05) is 19.3 Å². The van der Waals surface area contributed by atoms with Gasteiger partial charge in [0.1, 0.15) is 10.7 Å². The first kappa shape index (κ1) is 19.6. The van der Waals surface area contributed by atoms with E-state index in [2.05, 4.69) is 42.4 Å². The molecule has 6 nitrogen and oxygen atoms in total. The maximum Gasteiger partial charge on any atom is 0.244 e. The maximum absolute atomic E-state index is 12.4. The van der Waals surface area contributed by atoms with E-state index in [1.165, 1.54) is 16.1 Å². The Morgan fingerprint density at radius 2 is 1.92 bits per heavy atom. The summed E-state index contributed by atoms with van der Waals surface area (Å²) in [6.45, 7) is 11.1. The van der Waals surface area contributed by atoms with Gasteiger partial charge in [0.25, 0.3) is 0 Å². The summed E-state index contributed by atoms with van der Waals surface area (Å²) in [7, 11) is -3.48. The zero-order chi connectivity index (χ0) is 18.7. The van der Waals surface area contributed by atoms with Crippen molar-refractivity contribution in [2.45, 2.75) is 52.4 Å². The van der Waals surface area contributed by atoms with E-state index in [9.17, 15) is 8.42 Å². The van der Waals surface area contributed by atoms with Gasteiger partial charge in [-0.2, -0.15) is 9.41 Å². The zero-order valence-electron chi connectivity index (χ0n) is 15.7. The van der Waals surface area contributed by atoms with Gasteiger partial charge >= 0.3 is 0 Å². The molecule has 0 aliphatic heterocycles. The van der Waals surface area contributed by atoms with Gasteiger partial charge in [0.05, 0.1) is 5.71 Å². The predicted molar refractivity (Wildman–Crippen MR) is 102 cm³/mol. The molecule has 1 aliphatic rings. The van der Waals surface area contributed by atoms with Crippen LogP contribution in [0.25, 0.3) is 0 Å². The summed E-state index contributed by atoms with van der Waals surface area (Å²) in [5.41, 5.74) is 5.43. The van der Waals surface area contributed by atoms with Gasteiger partial charge in [0.15, 0.2) is 0 Å². The fourth-order valence-corrected chi connectivity index (χ4v) is 4.61. The van der Waals surface area contributed by atoms with Crippen LogP contribution in [0.15, 0.2) is 40.0 Å². The van der Waals surface area contributed by atoms with E-state index < -0.39 is 10.0 Å². The van der Waals surface area contributed by atoms with Crippen molar-refractivity contribution in [3.05, 3.63) is 30.0 Å². The number of allylic oxidation sites excluding steroid dienone is 2. The first-order chi connectivity index (χ1) is 11.7. The second-order valence-corrected chi connectivity index (χ2v) is 9.13. The molecule has 1 N–H and O–H groups in total. The summed E-state index contributed by atoms with van der Waals surface area (Å²) in [5, 5.41) is 4.43. The van der Waals surface area contributed by atoms with Crippen molar-refractivity contribution in [1.82, 2.24) is 9.29 Å². The number of pyridine rings is 1. The summed E-state index contributed by atoms with van der Waals surface area (Å²) >= 11 is 0. The van der Waals surface area contributed by atoms with Crippen LogP contribution >= 0.6 is 0 Å². The highest BCUT2D eigenvalue weighted by Crippen LogP contribution is 2.33. The second-order valence-electron chi connectivity index (χ2n) is 7.19. The van der Waals surface area contributed by atoms with Crippen LogP contribution in [0.4, 0.5) is 5.82 Å². The van der Waals surface area contributed by atoms with E-state index in [1.807, 2.05) is 13.8 Å². The number of aromatic nitrogens is 1. The average molecular weight is 365 g/mol. The van der Waals surface area contributed by atoms with Crippen LogP contribution in [-0.4, -0.2) is 36.5 Å². The lowest BCUT2D eigenvalue weighted by atomic mass is 9.77. The van der Waals surface area contributed by atoms with Crippen LogP contribution in [-0.2, 0) is 10.0 Å². The first-order valence-corrected chi connectivity index (χ1v) is 10.1. The second kappa shape index (κ2) is 7.66. The Kier molecular flexibility index (Phi) is 6.00. The molecule has 0 saturated heterocycles. The molecule has 0 bridgehead atoms. The van der Waals surface area contributed by atoms with Crippen LogP contribution in [0.3, 0.4) is 0 Å². The number of sulfonamides is 1. The third kappa shape index (κ3) is 4.89. The summed E-state index contributed by atoms with van der Waals surface area (Å²) < 4.78 is 26.3. The molecule has 0 aromatic carbocycles. The monoisotopic (exact) mass is 364 g/mol. The third-order valence-electron chi connectivity index (χ3n) is 4.22. The fraction of sp³-hybridized carbons (Fsp3) is 0.556. The first-order valence-electron chi connectivity index (χ1n) is 8.64. The molecule has 7 heteroatoms. The number of anilines is 1. The molecule has 0 radical (unpaired) electrons. The standard InChI is InChI=1S/C18H28N4O2S/c1-6-22(7-2)25(23,24)16-8-9-17(19-13-16)21-20-15-10-14(3)11-18(4,5)12-15/h8-10,13H,6-7,11-12H2,1-5H3,(H,19,21). The summed E-state index contributed by atoms with van der Waals surface area (Å²) in [6, 6.07) is 3.21. The van der Waals surface area contributed by atoms with Crippen LogP contribution in [0.1, 0.15) is 47.5 Å². The van der Waals surface area contributed by atoms with E-state index in [1.54, 1.807) is 12.1 Å². The molecule has 0 spiro atoms. The van der Waals surface area contributed by atoms with Crippen molar-refractivity contribution in [2.75, 3.05) is 18.5 Å². The van der Waals surface area contributed by atoms with Gasteiger partial charge in [-0.1, -0.05) is 33.3 Å². The number of hydrogen-bond donors (Lipinski definition) is 1. The van der Waals surface area contributed by atoms with Crippen LogP contribution < -0.4 is 5.43 Å². The minimum Gasteiger partial charge on any atom is -0.261 e. The molecule has 2 rings (SSSR count). The smallest absolute Gasteiger partial charge is 0.244 e. The Morgan fingerprint density at radius 1 is 1.24 bits per heavy atom. The molecule has 0 fully saturated rings. The molecule has 1 heterocycles. The summed E-state index contributed by atoms with van der Waals surface area (Å²) in [4.78, 5) is 4.39. The highest BCUT2D eigenvalue weighted by Gasteiger charge is 2.25. The minimum absolute atomic E-state index is 0.198. The van der Waals surface area contributed by atoms with Gasteiger partial charge in [-0.25, -0.2) is 13.4 Å². The minimum atomic E-state index is -3.48. The van der Waals surface area contributed by atoms with Crippen LogP contribution in [0, 0.1) is 5.41 Å². The van der Waals surface area contributed by atoms with Gasteiger partial charge in [-0.3, -0.25) is 5.43 Å². The van der Waals surface area contributed by atoms with Gasteiger partial charge < -0.3 is 0 Å². The molecule has 25 heavy (non-hydrogen) atoms. The molecule has 0 saturated carbocycles. The SMILES string of the molecule is CCN(CC)S(=O)(=O)c1ccc(NN=C2C=C(C)CC(C)(C)C2)nc1. The van der Waals surface area contributed by atoms with E-state index >= 15 is 0 Å². The molecule has 0 unspecified atom stereocenters. The zero-order valence-corrected chi connectivity index (χ0v) is 16.5. The molecule has 1 aliphatic carbocycles. The Morgan fingerprint density at radius 3 is 2.44 bits per heavy atom. The maximum atomic E-state index is 12.4. The van der Waals surface area contributed by atoms with Crippen molar-refractivity contribution < 1.29 is 8.42 Å². The molecular weight excluding hydrogens is 336 g/mol. The third-order valence-corrected chi connectivity index (χ3v) is 6.26. The van der Waals surface area contributed by atoms with Crippen molar-refractivity contribution in [3.63, 3.8) is 0 Å². The molecule has 0 amide bonds. The summed E-state index contributed by atoms with van der Waals surface area (Å²) in [5.74, 6) is 0.528. The Bertz CT molecular complexity index is 761. The lowest BCUT2D eigenvalue weighted by Crippen LogP contribution is -2.30. The van der Waals surface area contributed by atoms with Crippen LogP contribution in [0.2, 0.25) is 0 Å². The van der Waals surface area contributed by atoms with Crippen molar-refractivity contribution in [2.24, 2.45) is 10.5 Å². The Labute approximate surface area is 151 Å². The van der Waals surface area contributed by atoms with Gasteiger partial charge in [-0.05, 0) is 43.4 Å². The highest BCUT2D eigenvalue weighted by molar-refractivity contribution is 7.89. The number of nitrogens with zero attached hydrogens (tertiary/aromatic N) is 3. The fourth-order valence-electron chi connectivity index (χ4n) is 3.21. The Hall–Kier alpha value is -1.73. The number of hydrazone groups is 1. The molecular formula is C18H28N4O2S. The number of nitrogens with one attached hydrogen (secondary N) is 1.